The van der Waals surface area contributed by atoms with Crippen LogP contribution in [0.3, 0.4) is 0 Å². The molecule has 0 spiro atoms. The molecular formula is C21H17NO4. The van der Waals surface area contributed by atoms with Crippen LogP contribution in [0.4, 0.5) is 0 Å². The molecule has 130 valence electrons. The summed E-state index contributed by atoms with van der Waals surface area (Å²) in [5.74, 6) is -1.71. The quantitative estimate of drug-likeness (QED) is 0.721. The van der Waals surface area contributed by atoms with Gasteiger partial charge in [0.15, 0.2) is 6.61 Å². The van der Waals surface area contributed by atoms with Crippen LogP contribution < -0.4 is 5.32 Å². The summed E-state index contributed by atoms with van der Waals surface area (Å²) in [5, 5.41) is 4.19. The number of ether oxygens (including phenoxy) is 1. The Kier molecular flexibility index (Phi) is 5.39. The molecule has 0 saturated heterocycles. The minimum atomic E-state index is -0.662. The maximum Gasteiger partial charge on any atom is 0.310 e. The third kappa shape index (κ3) is 4.33. The molecule has 0 aliphatic rings. The number of fused-ring (bicyclic) bond motifs is 1. The Morgan fingerprint density at radius 3 is 2.31 bits per heavy atom. The minimum absolute atomic E-state index is 0.0568. The highest BCUT2D eigenvalue weighted by Gasteiger charge is 2.13. The lowest BCUT2D eigenvalue weighted by molar-refractivity contribution is -0.147. The first-order valence-electron chi connectivity index (χ1n) is 8.15. The smallest absolute Gasteiger partial charge is 0.310 e. The molecule has 5 nitrogen and oxygen atoms in total. The highest BCUT2D eigenvalue weighted by Crippen LogP contribution is 2.19. The van der Waals surface area contributed by atoms with E-state index in [1.807, 2.05) is 42.5 Å². The van der Waals surface area contributed by atoms with Gasteiger partial charge in [0.1, 0.15) is 0 Å². The Morgan fingerprint density at radius 2 is 1.50 bits per heavy atom. The van der Waals surface area contributed by atoms with E-state index in [2.05, 4.69) is 5.32 Å². The number of hydrogen-bond acceptors (Lipinski definition) is 4. The number of rotatable bonds is 5. The molecule has 2 amide bonds. The van der Waals surface area contributed by atoms with Crippen molar-refractivity contribution in [1.29, 1.82) is 0 Å². The van der Waals surface area contributed by atoms with Gasteiger partial charge in [-0.15, -0.1) is 0 Å². The Bertz CT molecular complexity index is 945. The summed E-state index contributed by atoms with van der Waals surface area (Å²) in [6.07, 6.45) is 0.0568. The fourth-order valence-electron chi connectivity index (χ4n) is 2.62. The second-order valence-corrected chi connectivity index (χ2v) is 5.72. The molecule has 0 atom stereocenters. The number of nitrogens with one attached hydrogen (secondary N) is 1. The Morgan fingerprint density at radius 1 is 0.808 bits per heavy atom. The maximum atomic E-state index is 12.0. The molecule has 0 radical (unpaired) electrons. The lowest BCUT2D eigenvalue weighted by Crippen LogP contribution is -2.34. The van der Waals surface area contributed by atoms with Gasteiger partial charge in [-0.2, -0.15) is 0 Å². The number of benzene rings is 3. The summed E-state index contributed by atoms with van der Waals surface area (Å²) in [4.78, 5) is 35.7. The molecular weight excluding hydrogens is 330 g/mol. The Hall–Kier alpha value is -3.47. The molecule has 0 aliphatic carbocycles. The molecule has 1 N–H and O–H groups in total. The normalized spacial score (nSPS) is 10.3. The molecule has 0 bridgehead atoms. The Labute approximate surface area is 150 Å². The van der Waals surface area contributed by atoms with E-state index in [1.165, 1.54) is 0 Å². The first-order chi connectivity index (χ1) is 12.6. The van der Waals surface area contributed by atoms with Crippen molar-refractivity contribution in [3.63, 3.8) is 0 Å². The van der Waals surface area contributed by atoms with Crippen molar-refractivity contribution in [2.75, 3.05) is 6.61 Å². The second-order valence-electron chi connectivity index (χ2n) is 5.72. The number of hydrogen-bond donors (Lipinski definition) is 1. The van der Waals surface area contributed by atoms with Crippen LogP contribution in [0.2, 0.25) is 0 Å². The van der Waals surface area contributed by atoms with Crippen LogP contribution in [0.25, 0.3) is 10.8 Å². The maximum absolute atomic E-state index is 12.0. The second kappa shape index (κ2) is 8.07. The first kappa shape index (κ1) is 17.4. The number of carbonyl (C=O) groups excluding carboxylic acids is 3. The highest BCUT2D eigenvalue weighted by molar-refractivity contribution is 6.05. The van der Waals surface area contributed by atoms with Crippen molar-refractivity contribution in [2.24, 2.45) is 0 Å². The van der Waals surface area contributed by atoms with Crippen molar-refractivity contribution in [3.8, 4) is 0 Å². The summed E-state index contributed by atoms with van der Waals surface area (Å²) < 4.78 is 4.99. The molecule has 0 heterocycles. The average molecular weight is 347 g/mol. The zero-order chi connectivity index (χ0) is 18.4. The highest BCUT2D eigenvalue weighted by atomic mass is 16.5. The van der Waals surface area contributed by atoms with Gasteiger partial charge >= 0.3 is 5.97 Å². The summed E-state index contributed by atoms with van der Waals surface area (Å²) in [6.45, 7) is -0.498. The van der Waals surface area contributed by atoms with Crippen LogP contribution in [0.15, 0.2) is 72.8 Å². The molecule has 5 heteroatoms. The third-order valence-corrected chi connectivity index (χ3v) is 3.87. The van der Waals surface area contributed by atoms with Gasteiger partial charge in [-0.1, -0.05) is 60.7 Å². The Balaban J connectivity index is 1.54. The zero-order valence-electron chi connectivity index (χ0n) is 14.0. The summed E-state index contributed by atoms with van der Waals surface area (Å²) in [6, 6.07) is 21.8. The van der Waals surface area contributed by atoms with Crippen molar-refractivity contribution >= 4 is 28.6 Å². The SMILES string of the molecule is O=C(COC(=O)Cc1cccc2ccccc12)NC(=O)c1ccccc1. The number of amides is 2. The fourth-order valence-corrected chi connectivity index (χ4v) is 2.62. The summed E-state index contributed by atoms with van der Waals surface area (Å²) in [7, 11) is 0. The van der Waals surface area contributed by atoms with Crippen LogP contribution in [0.1, 0.15) is 15.9 Å². The van der Waals surface area contributed by atoms with Gasteiger partial charge in [-0.05, 0) is 28.5 Å². The van der Waals surface area contributed by atoms with E-state index >= 15 is 0 Å². The molecule has 3 aromatic rings. The predicted molar refractivity (Wildman–Crippen MR) is 97.5 cm³/mol. The van der Waals surface area contributed by atoms with Crippen molar-refractivity contribution in [2.45, 2.75) is 6.42 Å². The predicted octanol–water partition coefficient (Wildman–Crippen LogP) is 2.88. The van der Waals surface area contributed by atoms with E-state index in [-0.39, 0.29) is 6.42 Å². The molecule has 3 rings (SSSR count). The van der Waals surface area contributed by atoms with Gasteiger partial charge in [0.05, 0.1) is 6.42 Å². The van der Waals surface area contributed by atoms with Crippen molar-refractivity contribution in [3.05, 3.63) is 83.9 Å². The molecule has 0 fully saturated rings. The van der Waals surface area contributed by atoms with Gasteiger partial charge < -0.3 is 4.74 Å². The van der Waals surface area contributed by atoms with Gasteiger partial charge in [0.2, 0.25) is 0 Å². The van der Waals surface area contributed by atoms with Crippen LogP contribution in [-0.4, -0.2) is 24.4 Å². The number of imide groups is 1. The van der Waals surface area contributed by atoms with Gasteiger partial charge in [0, 0.05) is 5.56 Å². The van der Waals surface area contributed by atoms with Crippen LogP contribution in [0, 0.1) is 0 Å². The van der Waals surface area contributed by atoms with Crippen LogP contribution >= 0.6 is 0 Å². The lowest BCUT2D eigenvalue weighted by Gasteiger charge is -2.08. The van der Waals surface area contributed by atoms with Gasteiger partial charge in [-0.25, -0.2) is 0 Å². The number of esters is 1. The fraction of sp³-hybridized carbons (Fsp3) is 0.0952. The van der Waals surface area contributed by atoms with Crippen LogP contribution in [0.5, 0.6) is 0 Å². The first-order valence-corrected chi connectivity index (χ1v) is 8.15. The van der Waals surface area contributed by atoms with E-state index in [0.29, 0.717) is 5.56 Å². The molecule has 26 heavy (non-hydrogen) atoms. The molecule has 0 unspecified atom stereocenters. The molecule has 0 saturated carbocycles. The zero-order valence-corrected chi connectivity index (χ0v) is 14.0. The lowest BCUT2D eigenvalue weighted by atomic mass is 10.0. The van der Waals surface area contributed by atoms with Crippen molar-refractivity contribution in [1.82, 2.24) is 5.32 Å². The molecule has 0 aliphatic heterocycles. The van der Waals surface area contributed by atoms with E-state index < -0.39 is 24.4 Å². The topological polar surface area (TPSA) is 72.5 Å². The van der Waals surface area contributed by atoms with E-state index in [9.17, 15) is 14.4 Å². The average Bonchev–Trinajstić information content (AvgIpc) is 2.67. The standard InChI is InChI=1S/C21H17NO4/c23-19(22-21(25)16-8-2-1-3-9-16)14-26-20(24)13-17-11-6-10-15-7-4-5-12-18(15)17/h1-12H,13-14H2,(H,22,23,25). The van der Waals surface area contributed by atoms with Crippen LogP contribution in [-0.2, 0) is 20.7 Å². The monoisotopic (exact) mass is 347 g/mol. The van der Waals surface area contributed by atoms with E-state index in [4.69, 9.17) is 4.74 Å². The van der Waals surface area contributed by atoms with E-state index in [1.54, 1.807) is 30.3 Å². The third-order valence-electron chi connectivity index (χ3n) is 3.87. The van der Waals surface area contributed by atoms with Gasteiger partial charge in [-0.3, -0.25) is 19.7 Å². The van der Waals surface area contributed by atoms with Crippen molar-refractivity contribution < 1.29 is 19.1 Å². The van der Waals surface area contributed by atoms with Gasteiger partial charge in [0.25, 0.3) is 11.8 Å². The molecule has 0 aromatic heterocycles. The number of carbonyl (C=O) groups is 3. The molecule has 3 aromatic carbocycles. The van der Waals surface area contributed by atoms with E-state index in [0.717, 1.165) is 16.3 Å². The summed E-state index contributed by atoms with van der Waals surface area (Å²) in [5.41, 5.74) is 1.19. The minimum Gasteiger partial charge on any atom is -0.455 e. The largest absolute Gasteiger partial charge is 0.455 e. The summed E-state index contributed by atoms with van der Waals surface area (Å²) >= 11 is 0.